The van der Waals surface area contributed by atoms with Gasteiger partial charge in [-0.3, -0.25) is 0 Å². The first-order valence-corrected chi connectivity index (χ1v) is 10.2. The largest absolute Gasteiger partial charge is 0.0784 e. The molecule has 0 saturated carbocycles. The summed E-state index contributed by atoms with van der Waals surface area (Å²) in [6.45, 7) is 18.2. The Balaban J connectivity index is 2.32. The van der Waals surface area contributed by atoms with E-state index < -0.39 is 0 Å². The van der Waals surface area contributed by atoms with Gasteiger partial charge in [0.05, 0.1) is 0 Å². The number of allylic oxidation sites excluding steroid dienone is 4. The van der Waals surface area contributed by atoms with Gasteiger partial charge >= 0.3 is 0 Å². The molecule has 1 aliphatic carbocycles. The number of aryl methyl sites for hydroxylation is 6. The van der Waals surface area contributed by atoms with Gasteiger partial charge in [0, 0.05) is 5.92 Å². The molecule has 0 bridgehead atoms. The van der Waals surface area contributed by atoms with Crippen molar-refractivity contribution in [3.05, 3.63) is 92.1 Å². The van der Waals surface area contributed by atoms with E-state index in [4.69, 9.17) is 0 Å². The fourth-order valence-corrected chi connectivity index (χ4v) is 5.29. The summed E-state index contributed by atoms with van der Waals surface area (Å²) in [5.74, 6) is 0.946. The Kier molecular flexibility index (Phi) is 5.47. The maximum absolute atomic E-state index is 2.45. The monoisotopic (exact) mass is 358 g/mol. The fraction of sp³-hybridized carbons (Fsp3) is 0.407. The number of rotatable bonds is 3. The number of hydrogen-bond acceptors (Lipinski definition) is 0. The van der Waals surface area contributed by atoms with Crippen LogP contribution >= 0.6 is 0 Å². The third-order valence-corrected chi connectivity index (χ3v) is 5.94. The molecule has 0 fully saturated rings. The summed E-state index contributed by atoms with van der Waals surface area (Å²) < 4.78 is 0. The summed E-state index contributed by atoms with van der Waals surface area (Å²) in [5.41, 5.74) is 14.3. The molecule has 0 radical (unpaired) electrons. The van der Waals surface area contributed by atoms with Gasteiger partial charge in [0.15, 0.2) is 0 Å². The zero-order valence-corrected chi connectivity index (χ0v) is 18.3. The lowest BCUT2D eigenvalue weighted by Gasteiger charge is -2.31. The van der Waals surface area contributed by atoms with Crippen LogP contribution in [0, 0.1) is 47.5 Å². The van der Waals surface area contributed by atoms with Crippen molar-refractivity contribution in [1.82, 2.24) is 0 Å². The van der Waals surface area contributed by atoms with E-state index in [1.54, 1.807) is 5.57 Å². The van der Waals surface area contributed by atoms with Gasteiger partial charge in [-0.05, 0) is 94.2 Å². The van der Waals surface area contributed by atoms with Crippen molar-refractivity contribution in [2.75, 3.05) is 0 Å². The smallest absolute Gasteiger partial charge is 0.0312 e. The summed E-state index contributed by atoms with van der Waals surface area (Å²) >= 11 is 0. The minimum atomic E-state index is 0.345. The van der Waals surface area contributed by atoms with Crippen molar-refractivity contribution in [3.63, 3.8) is 0 Å². The van der Waals surface area contributed by atoms with Gasteiger partial charge in [0.2, 0.25) is 0 Å². The van der Waals surface area contributed by atoms with E-state index in [2.05, 4.69) is 91.8 Å². The molecule has 0 amide bonds. The maximum atomic E-state index is 2.45. The number of hydrogen-bond donors (Lipinski definition) is 0. The molecule has 1 unspecified atom stereocenters. The zero-order valence-electron chi connectivity index (χ0n) is 18.3. The fourth-order valence-electron chi connectivity index (χ4n) is 5.29. The summed E-state index contributed by atoms with van der Waals surface area (Å²) in [5, 5.41) is 0. The van der Waals surface area contributed by atoms with Crippen LogP contribution < -0.4 is 0 Å². The van der Waals surface area contributed by atoms with Crippen molar-refractivity contribution in [2.24, 2.45) is 5.92 Å². The molecule has 0 heteroatoms. The first kappa shape index (κ1) is 19.7. The minimum absolute atomic E-state index is 0.345. The summed E-state index contributed by atoms with van der Waals surface area (Å²) in [4.78, 5) is 0. The van der Waals surface area contributed by atoms with Gasteiger partial charge in [-0.2, -0.15) is 0 Å². The SMILES string of the molecule is CC1=CC(C)CC(C(c2c(C)cc(C)cc2C)c2c(C)cc(C)cc2C)=C1. The van der Waals surface area contributed by atoms with Crippen molar-refractivity contribution in [1.29, 1.82) is 0 Å². The van der Waals surface area contributed by atoms with Gasteiger partial charge in [-0.25, -0.2) is 0 Å². The highest BCUT2D eigenvalue weighted by molar-refractivity contribution is 5.55. The predicted molar refractivity (Wildman–Crippen MR) is 119 cm³/mol. The quantitative estimate of drug-likeness (QED) is 0.530. The second-order valence-electron chi connectivity index (χ2n) is 8.87. The molecule has 0 N–H and O–H groups in total. The standard InChI is InChI=1S/C27H34/c1-16-9-17(2)15-24(14-16)27(25-20(5)10-18(3)11-21(25)6)26-22(7)12-19(4)13-23(26)8/h9-14,17,27H,15H2,1-8H3. The van der Waals surface area contributed by atoms with Gasteiger partial charge in [-0.1, -0.05) is 65.6 Å². The summed E-state index contributed by atoms with van der Waals surface area (Å²) in [6, 6.07) is 9.40. The van der Waals surface area contributed by atoms with E-state index in [1.165, 1.54) is 50.1 Å². The van der Waals surface area contributed by atoms with Crippen molar-refractivity contribution < 1.29 is 0 Å². The van der Waals surface area contributed by atoms with Crippen LogP contribution in [-0.4, -0.2) is 0 Å². The highest BCUT2D eigenvalue weighted by Gasteiger charge is 2.27. The van der Waals surface area contributed by atoms with Crippen molar-refractivity contribution in [3.8, 4) is 0 Å². The topological polar surface area (TPSA) is 0 Å². The van der Waals surface area contributed by atoms with Gasteiger partial charge in [0.1, 0.15) is 0 Å². The Morgan fingerprint density at radius 1 is 0.704 bits per heavy atom. The van der Waals surface area contributed by atoms with E-state index >= 15 is 0 Å². The minimum Gasteiger partial charge on any atom is -0.0784 e. The molecule has 0 heterocycles. The van der Waals surface area contributed by atoms with Crippen molar-refractivity contribution in [2.45, 2.75) is 67.7 Å². The Hall–Kier alpha value is -2.08. The Morgan fingerprint density at radius 2 is 1.11 bits per heavy atom. The molecule has 1 aliphatic rings. The zero-order chi connectivity index (χ0) is 19.9. The lowest BCUT2D eigenvalue weighted by atomic mass is 9.73. The molecule has 0 spiro atoms. The van der Waals surface area contributed by atoms with Crippen LogP contribution in [0.15, 0.2) is 47.6 Å². The van der Waals surface area contributed by atoms with Crippen LogP contribution in [0.25, 0.3) is 0 Å². The molecule has 2 aromatic rings. The Morgan fingerprint density at radius 3 is 1.48 bits per heavy atom. The van der Waals surface area contributed by atoms with Gasteiger partial charge in [-0.15, -0.1) is 0 Å². The third-order valence-electron chi connectivity index (χ3n) is 5.94. The van der Waals surface area contributed by atoms with Crippen LogP contribution in [0.5, 0.6) is 0 Å². The summed E-state index contributed by atoms with van der Waals surface area (Å²) in [6.07, 6.45) is 5.99. The molecule has 0 saturated heterocycles. The highest BCUT2D eigenvalue weighted by Crippen LogP contribution is 2.43. The van der Waals surface area contributed by atoms with Gasteiger partial charge < -0.3 is 0 Å². The van der Waals surface area contributed by atoms with Crippen LogP contribution in [0.3, 0.4) is 0 Å². The average molecular weight is 359 g/mol. The summed E-state index contributed by atoms with van der Waals surface area (Å²) in [7, 11) is 0. The lowest BCUT2D eigenvalue weighted by Crippen LogP contribution is -2.15. The molecule has 0 nitrogen and oxygen atoms in total. The molecule has 0 aliphatic heterocycles. The Labute approximate surface area is 166 Å². The van der Waals surface area contributed by atoms with E-state index in [0.29, 0.717) is 11.8 Å². The normalized spacial score (nSPS) is 17.1. The molecule has 0 aromatic heterocycles. The molecular weight excluding hydrogens is 324 g/mol. The predicted octanol–water partition coefficient (Wildman–Crippen LogP) is 7.58. The van der Waals surface area contributed by atoms with E-state index in [0.717, 1.165) is 6.42 Å². The van der Waals surface area contributed by atoms with Crippen LogP contribution in [-0.2, 0) is 0 Å². The van der Waals surface area contributed by atoms with E-state index in [1.807, 2.05) is 0 Å². The van der Waals surface area contributed by atoms with E-state index in [-0.39, 0.29) is 0 Å². The molecule has 3 rings (SSSR count). The molecule has 142 valence electrons. The first-order chi connectivity index (χ1) is 12.7. The molecule has 2 aromatic carbocycles. The third kappa shape index (κ3) is 3.95. The van der Waals surface area contributed by atoms with Crippen LogP contribution in [0.4, 0.5) is 0 Å². The number of benzene rings is 2. The van der Waals surface area contributed by atoms with E-state index in [9.17, 15) is 0 Å². The lowest BCUT2D eigenvalue weighted by molar-refractivity contribution is 0.662. The second kappa shape index (κ2) is 7.50. The molecule has 1 atom stereocenters. The van der Waals surface area contributed by atoms with Crippen LogP contribution in [0.2, 0.25) is 0 Å². The first-order valence-electron chi connectivity index (χ1n) is 10.2. The molecular formula is C27H34. The van der Waals surface area contributed by atoms with Gasteiger partial charge in [0.25, 0.3) is 0 Å². The maximum Gasteiger partial charge on any atom is 0.0312 e. The van der Waals surface area contributed by atoms with Crippen molar-refractivity contribution >= 4 is 0 Å². The van der Waals surface area contributed by atoms with Crippen LogP contribution in [0.1, 0.15) is 70.7 Å². The second-order valence-corrected chi connectivity index (χ2v) is 8.87. The Bertz CT molecular complexity index is 833. The highest BCUT2D eigenvalue weighted by atomic mass is 14.3. The average Bonchev–Trinajstić information content (AvgIpc) is 2.50. The molecule has 27 heavy (non-hydrogen) atoms.